The van der Waals surface area contributed by atoms with Gasteiger partial charge in [-0.25, -0.2) is 0 Å². The zero-order valence-electron chi connectivity index (χ0n) is 17.0. The van der Waals surface area contributed by atoms with Crippen molar-refractivity contribution in [2.24, 2.45) is 0 Å². The molecule has 1 fully saturated rings. The van der Waals surface area contributed by atoms with E-state index >= 15 is 0 Å². The average Bonchev–Trinajstić information content (AvgIpc) is 3.22. The average molecular weight is 447 g/mol. The number of benzene rings is 2. The number of aliphatic hydroxyl groups excluding tert-OH is 4. The number of hydrogen-bond donors (Lipinski definition) is 4. The van der Waals surface area contributed by atoms with Crippen LogP contribution >= 0.6 is 11.8 Å². The Hall–Kier alpha value is -2.07. The van der Waals surface area contributed by atoms with Crippen LogP contribution in [-0.2, 0) is 17.6 Å². The third-order valence-electron chi connectivity index (χ3n) is 5.57. The van der Waals surface area contributed by atoms with E-state index in [1.807, 2.05) is 12.3 Å². The summed E-state index contributed by atoms with van der Waals surface area (Å²) in [7, 11) is 0. The van der Waals surface area contributed by atoms with E-state index < -0.39 is 37.3 Å². The summed E-state index contributed by atoms with van der Waals surface area (Å²) in [6.07, 6.45) is -1.40. The fourth-order valence-electron chi connectivity index (χ4n) is 3.76. The molecule has 1 aliphatic heterocycles. The normalized spacial score (nSPS) is 26.3. The van der Waals surface area contributed by atoms with Gasteiger partial charge in [-0.2, -0.15) is 0 Å². The fourth-order valence-corrected chi connectivity index (χ4v) is 4.17. The summed E-state index contributed by atoms with van der Waals surface area (Å²) in [5, 5.41) is 40.5. The Morgan fingerprint density at radius 1 is 0.968 bits per heavy atom. The van der Waals surface area contributed by atoms with Crippen LogP contribution in [0.4, 0.5) is 0 Å². The minimum atomic E-state index is -1.50. The van der Waals surface area contributed by atoms with E-state index in [0.717, 1.165) is 23.8 Å². The Morgan fingerprint density at radius 2 is 1.74 bits per heavy atom. The minimum Gasteiger partial charge on any atom is -0.464 e. The molecular weight excluding hydrogens is 420 g/mol. The van der Waals surface area contributed by atoms with Gasteiger partial charge in [0.25, 0.3) is 0 Å². The number of hydrogen-bond acceptors (Lipinski definition) is 8. The molecule has 4 N–H and O–H groups in total. The summed E-state index contributed by atoms with van der Waals surface area (Å²) < 4.78 is 17.1. The van der Waals surface area contributed by atoms with E-state index in [1.54, 1.807) is 30.2 Å². The number of furan rings is 1. The van der Waals surface area contributed by atoms with Gasteiger partial charge in [0, 0.05) is 10.5 Å². The molecular formula is C23H26O7S. The number of aryl methyl sites for hydroxylation is 2. The lowest BCUT2D eigenvalue weighted by Gasteiger charge is -2.39. The molecule has 3 aromatic rings. The molecule has 1 aromatic heterocycles. The third-order valence-corrected chi connectivity index (χ3v) is 6.31. The summed E-state index contributed by atoms with van der Waals surface area (Å²) in [6.45, 7) is -0.513. The minimum absolute atomic E-state index is 0.434. The second kappa shape index (κ2) is 9.60. The van der Waals surface area contributed by atoms with E-state index in [-0.39, 0.29) is 0 Å². The molecule has 0 bridgehead atoms. The number of rotatable bonds is 7. The van der Waals surface area contributed by atoms with Crippen LogP contribution in [0.2, 0.25) is 0 Å². The smallest absolute Gasteiger partial charge is 0.229 e. The zero-order valence-corrected chi connectivity index (χ0v) is 17.9. The Morgan fingerprint density at radius 3 is 2.45 bits per heavy atom. The Labute approximate surface area is 184 Å². The van der Waals surface area contributed by atoms with Gasteiger partial charge in [0.2, 0.25) is 6.29 Å². The summed E-state index contributed by atoms with van der Waals surface area (Å²) in [5.74, 6) is 0.434. The van der Waals surface area contributed by atoms with Gasteiger partial charge in [-0.3, -0.25) is 0 Å². The molecule has 1 aliphatic rings. The van der Waals surface area contributed by atoms with Crippen LogP contribution in [0.3, 0.4) is 0 Å². The fraction of sp³-hybridized carbons (Fsp3) is 0.391. The van der Waals surface area contributed by atoms with Crippen molar-refractivity contribution >= 4 is 22.7 Å². The van der Waals surface area contributed by atoms with Crippen LogP contribution in [0.1, 0.15) is 11.1 Å². The topological polar surface area (TPSA) is 113 Å². The van der Waals surface area contributed by atoms with Crippen LogP contribution in [0.25, 0.3) is 11.0 Å². The Kier molecular flexibility index (Phi) is 6.86. The first-order valence-electron chi connectivity index (χ1n) is 10.1. The molecule has 2 aromatic carbocycles. The molecule has 0 spiro atoms. The monoisotopic (exact) mass is 446 g/mol. The molecule has 0 aliphatic carbocycles. The second-order valence-corrected chi connectivity index (χ2v) is 8.43. The molecule has 166 valence electrons. The molecule has 1 saturated heterocycles. The van der Waals surface area contributed by atoms with Gasteiger partial charge in [-0.1, -0.05) is 18.2 Å². The molecule has 8 heteroatoms. The first-order chi connectivity index (χ1) is 15.0. The second-order valence-electron chi connectivity index (χ2n) is 7.55. The van der Waals surface area contributed by atoms with E-state index in [9.17, 15) is 20.4 Å². The molecule has 0 saturated carbocycles. The first-order valence-corrected chi connectivity index (χ1v) is 11.3. The molecule has 0 amide bonds. The van der Waals surface area contributed by atoms with Crippen molar-refractivity contribution in [2.45, 2.75) is 48.4 Å². The van der Waals surface area contributed by atoms with Gasteiger partial charge in [0.05, 0.1) is 18.3 Å². The van der Waals surface area contributed by atoms with E-state index in [2.05, 4.69) is 24.3 Å². The number of fused-ring (bicyclic) bond motifs is 1. The quantitative estimate of drug-likeness (QED) is 0.408. The lowest BCUT2D eigenvalue weighted by Crippen LogP contribution is -2.60. The number of aliphatic hydroxyl groups is 4. The lowest BCUT2D eigenvalue weighted by atomic mass is 9.99. The van der Waals surface area contributed by atoms with Crippen LogP contribution in [0.5, 0.6) is 5.75 Å². The van der Waals surface area contributed by atoms with Crippen LogP contribution in [0.15, 0.2) is 58.0 Å². The third kappa shape index (κ3) is 4.59. The zero-order chi connectivity index (χ0) is 22.0. The lowest BCUT2D eigenvalue weighted by molar-refractivity contribution is -0.277. The van der Waals surface area contributed by atoms with Crippen LogP contribution < -0.4 is 4.74 Å². The maximum Gasteiger partial charge on any atom is 0.229 e. The van der Waals surface area contributed by atoms with Crippen LogP contribution in [0, 0.1) is 0 Å². The van der Waals surface area contributed by atoms with Crippen molar-refractivity contribution < 1.29 is 34.3 Å². The number of thioether (sulfide) groups is 1. The van der Waals surface area contributed by atoms with Crippen molar-refractivity contribution in [1.82, 2.24) is 0 Å². The van der Waals surface area contributed by atoms with E-state index in [1.165, 1.54) is 10.5 Å². The van der Waals surface area contributed by atoms with Crippen molar-refractivity contribution in [3.8, 4) is 5.75 Å². The van der Waals surface area contributed by atoms with E-state index in [4.69, 9.17) is 13.9 Å². The maximum absolute atomic E-state index is 10.3. The maximum atomic E-state index is 10.3. The highest BCUT2D eigenvalue weighted by Crippen LogP contribution is 2.34. The first kappa shape index (κ1) is 22.1. The summed E-state index contributed by atoms with van der Waals surface area (Å²) in [5.41, 5.74) is 2.79. The number of ether oxygens (including phenoxy) is 2. The van der Waals surface area contributed by atoms with Crippen molar-refractivity contribution in [1.29, 1.82) is 0 Å². The van der Waals surface area contributed by atoms with Gasteiger partial charge in [-0.15, -0.1) is 11.8 Å². The molecule has 5 atom stereocenters. The van der Waals surface area contributed by atoms with Crippen molar-refractivity contribution in [3.63, 3.8) is 0 Å². The summed E-state index contributed by atoms with van der Waals surface area (Å²) >= 11 is 1.70. The molecule has 7 nitrogen and oxygen atoms in total. The standard InChI is InChI=1S/C23H26O7S/c1-31-15-9-6-13(7-10-15)5-8-14-12-28-16-3-2-4-17(19(14)16)29-23-22(27)21(26)20(25)18(11-24)30-23/h2-4,6-7,9-10,12,18,20-27H,5,8,11H2,1H3/t18-,20-,21+,22-,23-/m1/s1. The van der Waals surface area contributed by atoms with Gasteiger partial charge >= 0.3 is 0 Å². The molecule has 0 unspecified atom stereocenters. The van der Waals surface area contributed by atoms with Gasteiger partial charge in [0.1, 0.15) is 35.7 Å². The largest absolute Gasteiger partial charge is 0.464 e. The van der Waals surface area contributed by atoms with Crippen molar-refractivity contribution in [3.05, 3.63) is 59.9 Å². The summed E-state index contributed by atoms with van der Waals surface area (Å²) in [6, 6.07) is 13.7. The Bertz CT molecular complexity index is 1000. The van der Waals surface area contributed by atoms with Gasteiger partial charge in [-0.05, 0) is 48.9 Å². The van der Waals surface area contributed by atoms with Crippen LogP contribution in [-0.4, -0.2) is 64.0 Å². The molecule has 0 radical (unpaired) electrons. The molecule has 4 rings (SSSR count). The highest BCUT2D eigenvalue weighted by molar-refractivity contribution is 7.98. The molecule has 2 heterocycles. The van der Waals surface area contributed by atoms with Gasteiger partial charge in [0.15, 0.2) is 0 Å². The SMILES string of the molecule is CSc1ccc(CCc2coc3cccc(O[C@@H]4O[C@H](CO)[C@@H](O)[C@H](O)[C@H]4O)c23)cc1. The predicted octanol–water partition coefficient (Wildman–Crippen LogP) is 2.12. The predicted molar refractivity (Wildman–Crippen MR) is 116 cm³/mol. The Balaban J connectivity index is 1.55. The van der Waals surface area contributed by atoms with Gasteiger partial charge < -0.3 is 34.3 Å². The summed E-state index contributed by atoms with van der Waals surface area (Å²) in [4.78, 5) is 1.22. The highest BCUT2D eigenvalue weighted by atomic mass is 32.2. The van der Waals surface area contributed by atoms with E-state index in [0.29, 0.717) is 11.3 Å². The molecule has 31 heavy (non-hydrogen) atoms. The highest BCUT2D eigenvalue weighted by Gasteiger charge is 2.44. The van der Waals surface area contributed by atoms with Crippen molar-refractivity contribution in [2.75, 3.05) is 12.9 Å².